The third-order valence-corrected chi connectivity index (χ3v) is 1.78. The Hall–Kier alpha value is 0.210. The van der Waals surface area contributed by atoms with Crippen LogP contribution in [0.1, 0.15) is 13.3 Å². The van der Waals surface area contributed by atoms with Crippen molar-refractivity contribution < 1.29 is 5.11 Å². The lowest BCUT2D eigenvalue weighted by Gasteiger charge is -2.09. The highest BCUT2D eigenvalue weighted by Crippen LogP contribution is 2.10. The van der Waals surface area contributed by atoms with E-state index >= 15 is 0 Å². The second-order valence-corrected chi connectivity index (χ2v) is 2.49. The highest BCUT2D eigenvalue weighted by atomic mass is 35.5. The van der Waals surface area contributed by atoms with Gasteiger partial charge in [-0.3, -0.25) is 0 Å². The maximum atomic E-state index is 9.01. The molecule has 9 heavy (non-hydrogen) atoms. The Morgan fingerprint density at radius 2 is 2.33 bits per heavy atom. The van der Waals surface area contributed by atoms with Crippen LogP contribution < -0.4 is 5.32 Å². The highest BCUT2D eigenvalue weighted by Gasteiger charge is 2.18. The van der Waals surface area contributed by atoms with Crippen LogP contribution in [-0.2, 0) is 0 Å². The summed E-state index contributed by atoms with van der Waals surface area (Å²) in [6.07, 6.45) is 1.02. The molecule has 0 radical (unpaired) electrons. The molecule has 1 aliphatic heterocycles. The van der Waals surface area contributed by atoms with Crippen molar-refractivity contribution in [1.82, 2.24) is 5.32 Å². The van der Waals surface area contributed by atoms with Crippen molar-refractivity contribution in [1.29, 1.82) is 0 Å². The predicted octanol–water partition coefficient (Wildman–Crippen LogP) is 0.399. The van der Waals surface area contributed by atoms with Crippen molar-refractivity contribution >= 4 is 12.4 Å². The molecule has 0 aromatic carbocycles. The van der Waals surface area contributed by atoms with Crippen LogP contribution in [0.3, 0.4) is 0 Å². The Labute approximate surface area is 62.1 Å². The fraction of sp³-hybridized carbons (Fsp3) is 1.00. The molecule has 0 aromatic heterocycles. The van der Waals surface area contributed by atoms with Crippen molar-refractivity contribution in [2.45, 2.75) is 19.4 Å². The SMILES string of the molecule is CC(O)C1CCNC1.Cl. The maximum absolute atomic E-state index is 9.01. The molecule has 0 aliphatic carbocycles. The van der Waals surface area contributed by atoms with Crippen LogP contribution >= 0.6 is 12.4 Å². The number of hydrogen-bond donors (Lipinski definition) is 2. The minimum absolute atomic E-state index is 0. The van der Waals surface area contributed by atoms with Crippen molar-refractivity contribution in [2.75, 3.05) is 13.1 Å². The average Bonchev–Trinajstić information content (AvgIpc) is 2.12. The van der Waals surface area contributed by atoms with E-state index in [1.807, 2.05) is 6.92 Å². The van der Waals surface area contributed by atoms with Crippen LogP contribution in [0.5, 0.6) is 0 Å². The molecule has 3 heteroatoms. The lowest BCUT2D eigenvalue weighted by Crippen LogP contribution is -2.19. The zero-order chi connectivity index (χ0) is 5.98. The molecule has 2 atom stereocenters. The van der Waals surface area contributed by atoms with Gasteiger partial charge in [0.25, 0.3) is 0 Å². The number of halogens is 1. The summed E-state index contributed by atoms with van der Waals surface area (Å²) in [6.45, 7) is 3.94. The summed E-state index contributed by atoms with van der Waals surface area (Å²) in [7, 11) is 0. The fourth-order valence-electron chi connectivity index (χ4n) is 1.09. The van der Waals surface area contributed by atoms with Gasteiger partial charge in [-0.05, 0) is 25.8 Å². The summed E-state index contributed by atoms with van der Waals surface area (Å²) in [5.41, 5.74) is 0. The Balaban J connectivity index is 0.000000640. The minimum atomic E-state index is -0.120. The summed E-state index contributed by atoms with van der Waals surface area (Å²) in [4.78, 5) is 0. The zero-order valence-electron chi connectivity index (χ0n) is 5.63. The summed E-state index contributed by atoms with van der Waals surface area (Å²) < 4.78 is 0. The molecule has 2 unspecified atom stereocenters. The van der Waals surface area contributed by atoms with Crippen LogP contribution in [0.25, 0.3) is 0 Å². The van der Waals surface area contributed by atoms with Crippen molar-refractivity contribution in [2.24, 2.45) is 5.92 Å². The van der Waals surface area contributed by atoms with E-state index in [1.54, 1.807) is 0 Å². The normalized spacial score (nSPS) is 29.3. The van der Waals surface area contributed by atoms with Gasteiger partial charge in [-0.2, -0.15) is 0 Å². The zero-order valence-corrected chi connectivity index (χ0v) is 6.45. The topological polar surface area (TPSA) is 32.3 Å². The summed E-state index contributed by atoms with van der Waals surface area (Å²) >= 11 is 0. The first kappa shape index (κ1) is 9.21. The first-order chi connectivity index (χ1) is 3.80. The second kappa shape index (κ2) is 4.09. The van der Waals surface area contributed by atoms with Crippen LogP contribution in [0.2, 0.25) is 0 Å². The molecule has 1 fully saturated rings. The molecule has 1 saturated heterocycles. The van der Waals surface area contributed by atoms with E-state index in [0.29, 0.717) is 5.92 Å². The molecule has 2 N–H and O–H groups in total. The number of aliphatic hydroxyl groups is 1. The molecule has 0 saturated carbocycles. The van der Waals surface area contributed by atoms with E-state index in [0.717, 1.165) is 19.5 Å². The van der Waals surface area contributed by atoms with E-state index in [4.69, 9.17) is 5.11 Å². The Bertz CT molecular complexity index is 71.5. The van der Waals surface area contributed by atoms with Crippen molar-refractivity contribution in [3.05, 3.63) is 0 Å². The third kappa shape index (κ3) is 2.52. The highest BCUT2D eigenvalue weighted by molar-refractivity contribution is 5.85. The van der Waals surface area contributed by atoms with E-state index in [9.17, 15) is 0 Å². The third-order valence-electron chi connectivity index (χ3n) is 1.78. The van der Waals surface area contributed by atoms with E-state index in [1.165, 1.54) is 0 Å². The lowest BCUT2D eigenvalue weighted by molar-refractivity contribution is 0.136. The molecule has 0 aromatic rings. The number of aliphatic hydroxyl groups excluding tert-OH is 1. The molecular weight excluding hydrogens is 138 g/mol. The first-order valence-electron chi connectivity index (χ1n) is 3.19. The smallest absolute Gasteiger partial charge is 0.0552 e. The lowest BCUT2D eigenvalue weighted by atomic mass is 10.0. The van der Waals surface area contributed by atoms with Gasteiger partial charge in [0.1, 0.15) is 0 Å². The molecular formula is C6H14ClNO. The van der Waals surface area contributed by atoms with Gasteiger partial charge in [0.15, 0.2) is 0 Å². The molecule has 1 rings (SSSR count). The molecule has 56 valence electrons. The van der Waals surface area contributed by atoms with Gasteiger partial charge in [0.2, 0.25) is 0 Å². The molecule has 1 aliphatic rings. The van der Waals surface area contributed by atoms with Gasteiger partial charge >= 0.3 is 0 Å². The number of nitrogens with one attached hydrogen (secondary N) is 1. The van der Waals surface area contributed by atoms with E-state index < -0.39 is 0 Å². The first-order valence-corrected chi connectivity index (χ1v) is 3.19. The molecule has 0 amide bonds. The quantitative estimate of drug-likeness (QED) is 0.569. The van der Waals surface area contributed by atoms with Gasteiger partial charge in [0, 0.05) is 6.54 Å². The number of rotatable bonds is 1. The van der Waals surface area contributed by atoms with E-state index in [-0.39, 0.29) is 18.5 Å². The van der Waals surface area contributed by atoms with Gasteiger partial charge in [-0.25, -0.2) is 0 Å². The van der Waals surface area contributed by atoms with Crippen LogP contribution in [0.4, 0.5) is 0 Å². The van der Waals surface area contributed by atoms with Crippen molar-refractivity contribution in [3.8, 4) is 0 Å². The van der Waals surface area contributed by atoms with Crippen molar-refractivity contribution in [3.63, 3.8) is 0 Å². The standard InChI is InChI=1S/C6H13NO.ClH/c1-5(8)6-2-3-7-4-6;/h5-8H,2-4H2,1H3;1H. The Kier molecular flexibility index (Phi) is 4.19. The maximum Gasteiger partial charge on any atom is 0.0552 e. The number of hydrogen-bond acceptors (Lipinski definition) is 2. The van der Waals surface area contributed by atoms with E-state index in [2.05, 4.69) is 5.32 Å². The van der Waals surface area contributed by atoms with Gasteiger partial charge in [-0.1, -0.05) is 0 Å². The predicted molar refractivity (Wildman–Crippen MR) is 39.9 cm³/mol. The van der Waals surface area contributed by atoms with Crippen LogP contribution in [-0.4, -0.2) is 24.3 Å². The molecule has 0 spiro atoms. The monoisotopic (exact) mass is 151 g/mol. The van der Waals surface area contributed by atoms with Crippen LogP contribution in [0, 0.1) is 5.92 Å². The second-order valence-electron chi connectivity index (χ2n) is 2.49. The summed E-state index contributed by atoms with van der Waals surface area (Å²) in [6, 6.07) is 0. The van der Waals surface area contributed by atoms with Gasteiger partial charge in [-0.15, -0.1) is 12.4 Å². The van der Waals surface area contributed by atoms with Gasteiger partial charge < -0.3 is 10.4 Å². The average molecular weight is 152 g/mol. The van der Waals surface area contributed by atoms with Crippen LogP contribution in [0.15, 0.2) is 0 Å². The Morgan fingerprint density at radius 1 is 1.67 bits per heavy atom. The minimum Gasteiger partial charge on any atom is -0.393 e. The molecule has 0 bridgehead atoms. The largest absolute Gasteiger partial charge is 0.393 e. The Morgan fingerprint density at radius 3 is 2.56 bits per heavy atom. The summed E-state index contributed by atoms with van der Waals surface area (Å²) in [5.74, 6) is 0.509. The summed E-state index contributed by atoms with van der Waals surface area (Å²) in [5, 5.41) is 12.2. The molecule has 1 heterocycles. The van der Waals surface area contributed by atoms with Gasteiger partial charge in [0.05, 0.1) is 6.10 Å². The molecule has 2 nitrogen and oxygen atoms in total. The fourth-order valence-corrected chi connectivity index (χ4v) is 1.09.